The minimum Gasteiger partial charge on any atom is -0.399 e. The van der Waals surface area contributed by atoms with Crippen molar-refractivity contribution in [2.45, 2.75) is 0 Å². The fourth-order valence-corrected chi connectivity index (χ4v) is 2.31. The first-order valence-electron chi connectivity index (χ1n) is 5.80. The van der Waals surface area contributed by atoms with Gasteiger partial charge in [0.2, 0.25) is 5.78 Å². The summed E-state index contributed by atoms with van der Waals surface area (Å²) in [7, 11) is 2.72. The largest absolute Gasteiger partial charge is 0.399 e. The molecule has 1 aromatic carbocycles. The minimum atomic E-state index is -0.710. The maximum atomic E-state index is 12.5. The van der Waals surface area contributed by atoms with E-state index in [1.807, 2.05) is 0 Å². The molecular weight excluding hydrogens is 317 g/mol. The van der Waals surface area contributed by atoms with Gasteiger partial charge < -0.3 is 10.3 Å². The van der Waals surface area contributed by atoms with Gasteiger partial charge in [-0.15, -0.1) is 0 Å². The molecule has 0 saturated carbocycles. The SMILES string of the molecule is Cn1cc(C(=O)c2cc(N)cc(Cl)c2Cl)c(=O)n(C)c1=O. The van der Waals surface area contributed by atoms with Crippen molar-refractivity contribution in [2.75, 3.05) is 5.73 Å². The Hall–Kier alpha value is -2.05. The van der Waals surface area contributed by atoms with Crippen molar-refractivity contribution in [3.8, 4) is 0 Å². The number of hydrogen-bond acceptors (Lipinski definition) is 4. The first-order valence-corrected chi connectivity index (χ1v) is 6.55. The summed E-state index contributed by atoms with van der Waals surface area (Å²) in [5.41, 5.74) is 4.45. The molecule has 2 rings (SSSR count). The summed E-state index contributed by atoms with van der Waals surface area (Å²) >= 11 is 11.9. The van der Waals surface area contributed by atoms with Crippen molar-refractivity contribution < 1.29 is 4.79 Å². The zero-order valence-corrected chi connectivity index (χ0v) is 12.7. The number of rotatable bonds is 2. The molecule has 0 aliphatic heterocycles. The molecule has 6 nitrogen and oxygen atoms in total. The third-order valence-electron chi connectivity index (χ3n) is 2.99. The van der Waals surface area contributed by atoms with Crippen LogP contribution < -0.4 is 17.0 Å². The average Bonchev–Trinajstić information content (AvgIpc) is 2.43. The summed E-state index contributed by atoms with van der Waals surface area (Å²) < 4.78 is 1.98. The van der Waals surface area contributed by atoms with Crippen molar-refractivity contribution in [2.24, 2.45) is 14.1 Å². The maximum absolute atomic E-state index is 12.5. The molecule has 0 spiro atoms. The molecule has 1 heterocycles. The van der Waals surface area contributed by atoms with Crippen LogP contribution in [0.4, 0.5) is 5.69 Å². The smallest absolute Gasteiger partial charge is 0.330 e. The van der Waals surface area contributed by atoms with E-state index >= 15 is 0 Å². The molecule has 0 fully saturated rings. The van der Waals surface area contributed by atoms with Gasteiger partial charge in [0.15, 0.2) is 0 Å². The normalized spacial score (nSPS) is 10.7. The van der Waals surface area contributed by atoms with Crippen molar-refractivity contribution in [3.05, 3.63) is 60.3 Å². The molecule has 0 unspecified atom stereocenters. The summed E-state index contributed by atoms with van der Waals surface area (Å²) in [5.74, 6) is -0.648. The molecule has 2 aromatic rings. The second kappa shape index (κ2) is 5.38. The van der Waals surface area contributed by atoms with Crippen molar-refractivity contribution in [3.63, 3.8) is 0 Å². The summed E-state index contributed by atoms with van der Waals surface area (Å²) in [4.78, 5) is 36.2. The first kappa shape index (κ1) is 15.3. The lowest BCUT2D eigenvalue weighted by atomic mass is 10.0. The lowest BCUT2D eigenvalue weighted by Gasteiger charge is -2.09. The number of ketones is 1. The number of halogens is 2. The molecule has 1 aromatic heterocycles. The van der Waals surface area contributed by atoms with Crippen LogP contribution in [0.3, 0.4) is 0 Å². The number of carbonyl (C=O) groups excluding carboxylic acids is 1. The molecule has 0 bridgehead atoms. The standard InChI is InChI=1S/C13H11Cl2N3O3/c1-17-5-8(12(20)18(2)13(17)21)11(19)7-3-6(16)4-9(14)10(7)15/h3-5H,16H2,1-2H3. The van der Waals surface area contributed by atoms with E-state index in [-0.39, 0.29) is 26.9 Å². The van der Waals surface area contributed by atoms with Crippen LogP contribution in [0.15, 0.2) is 27.9 Å². The van der Waals surface area contributed by atoms with Gasteiger partial charge in [-0.05, 0) is 12.1 Å². The molecule has 0 amide bonds. The monoisotopic (exact) mass is 327 g/mol. The topological polar surface area (TPSA) is 87.1 Å². The van der Waals surface area contributed by atoms with E-state index in [0.717, 1.165) is 9.13 Å². The fourth-order valence-electron chi connectivity index (χ4n) is 1.88. The van der Waals surface area contributed by atoms with Gasteiger partial charge in [-0.2, -0.15) is 0 Å². The lowest BCUT2D eigenvalue weighted by Crippen LogP contribution is -2.39. The van der Waals surface area contributed by atoms with E-state index in [4.69, 9.17) is 28.9 Å². The number of nitrogen functional groups attached to an aromatic ring is 1. The molecule has 21 heavy (non-hydrogen) atoms. The fraction of sp³-hybridized carbons (Fsp3) is 0.154. The predicted octanol–water partition coefficient (Wildman–Crippen LogP) is 1.20. The van der Waals surface area contributed by atoms with Gasteiger partial charge in [0, 0.05) is 31.5 Å². The highest BCUT2D eigenvalue weighted by Gasteiger charge is 2.20. The predicted molar refractivity (Wildman–Crippen MR) is 81.2 cm³/mol. The van der Waals surface area contributed by atoms with E-state index in [1.165, 1.54) is 32.4 Å². The molecule has 0 radical (unpaired) electrons. The summed E-state index contributed by atoms with van der Waals surface area (Å²) in [5, 5.41) is 0.119. The van der Waals surface area contributed by atoms with E-state index in [9.17, 15) is 14.4 Å². The minimum absolute atomic E-state index is 0.00627. The number of aryl methyl sites for hydroxylation is 1. The Kier molecular flexibility index (Phi) is 3.93. The molecule has 8 heteroatoms. The Morgan fingerprint density at radius 1 is 1.14 bits per heavy atom. The highest BCUT2D eigenvalue weighted by Crippen LogP contribution is 2.29. The number of benzene rings is 1. The maximum Gasteiger partial charge on any atom is 0.330 e. The molecule has 0 saturated heterocycles. The summed E-state index contributed by atoms with van der Waals surface area (Å²) in [6.07, 6.45) is 1.17. The van der Waals surface area contributed by atoms with Gasteiger partial charge in [0.05, 0.1) is 10.0 Å². The van der Waals surface area contributed by atoms with Crippen molar-refractivity contribution in [1.29, 1.82) is 0 Å². The van der Waals surface area contributed by atoms with Crippen LogP contribution in [0, 0.1) is 0 Å². The van der Waals surface area contributed by atoms with E-state index in [0.29, 0.717) is 0 Å². The third kappa shape index (κ3) is 2.59. The quantitative estimate of drug-likeness (QED) is 0.663. The zero-order valence-electron chi connectivity index (χ0n) is 11.2. The summed E-state index contributed by atoms with van der Waals surface area (Å²) in [6.45, 7) is 0. The molecule has 0 aliphatic rings. The molecule has 0 atom stereocenters. The molecule has 2 N–H and O–H groups in total. The Balaban J connectivity index is 2.73. The number of nitrogens with two attached hydrogens (primary N) is 1. The van der Waals surface area contributed by atoms with Gasteiger partial charge in [0.25, 0.3) is 5.56 Å². The molecule has 110 valence electrons. The molecule has 0 aliphatic carbocycles. The number of nitrogens with zero attached hydrogens (tertiary/aromatic N) is 2. The van der Waals surface area contributed by atoms with E-state index < -0.39 is 17.0 Å². The molecular formula is C13H11Cl2N3O3. The van der Waals surface area contributed by atoms with Crippen molar-refractivity contribution in [1.82, 2.24) is 9.13 Å². The Labute approximate surface area is 129 Å². The highest BCUT2D eigenvalue weighted by molar-refractivity contribution is 6.44. The van der Waals surface area contributed by atoms with Gasteiger partial charge in [-0.25, -0.2) is 4.79 Å². The number of hydrogen-bond donors (Lipinski definition) is 1. The first-order chi connectivity index (χ1) is 9.73. The second-order valence-corrected chi connectivity index (χ2v) is 5.28. The van der Waals surface area contributed by atoms with Crippen LogP contribution >= 0.6 is 23.2 Å². The Bertz CT molecular complexity index is 868. The van der Waals surface area contributed by atoms with Gasteiger partial charge in [-0.3, -0.25) is 14.2 Å². The van der Waals surface area contributed by atoms with Crippen LogP contribution in [-0.2, 0) is 14.1 Å². The van der Waals surface area contributed by atoms with Crippen LogP contribution in [0.25, 0.3) is 0 Å². The number of carbonyl (C=O) groups is 1. The van der Waals surface area contributed by atoms with E-state index in [1.54, 1.807) is 0 Å². The zero-order chi connectivity index (χ0) is 15.9. The highest BCUT2D eigenvalue weighted by atomic mass is 35.5. The number of aromatic nitrogens is 2. The average molecular weight is 328 g/mol. The van der Waals surface area contributed by atoms with Crippen LogP contribution in [0.2, 0.25) is 10.0 Å². The third-order valence-corrected chi connectivity index (χ3v) is 3.79. The lowest BCUT2D eigenvalue weighted by molar-refractivity contribution is 0.103. The van der Waals surface area contributed by atoms with Gasteiger partial charge in [-0.1, -0.05) is 23.2 Å². The van der Waals surface area contributed by atoms with Gasteiger partial charge >= 0.3 is 5.69 Å². The van der Waals surface area contributed by atoms with Gasteiger partial charge in [0.1, 0.15) is 5.56 Å². The number of anilines is 1. The Morgan fingerprint density at radius 2 is 1.76 bits per heavy atom. The summed E-state index contributed by atoms with van der Waals surface area (Å²) in [6, 6.07) is 2.74. The van der Waals surface area contributed by atoms with Crippen molar-refractivity contribution >= 4 is 34.7 Å². The van der Waals surface area contributed by atoms with Crippen LogP contribution in [0.5, 0.6) is 0 Å². The van der Waals surface area contributed by atoms with Crippen LogP contribution in [0.1, 0.15) is 15.9 Å². The Morgan fingerprint density at radius 3 is 2.38 bits per heavy atom. The van der Waals surface area contributed by atoms with Crippen LogP contribution in [-0.4, -0.2) is 14.9 Å². The van der Waals surface area contributed by atoms with E-state index in [2.05, 4.69) is 0 Å². The second-order valence-electron chi connectivity index (χ2n) is 4.49.